The molecule has 1 amide bonds. The van der Waals surface area contributed by atoms with E-state index < -0.39 is 0 Å². The van der Waals surface area contributed by atoms with Gasteiger partial charge < -0.3 is 10.1 Å². The van der Waals surface area contributed by atoms with Crippen LogP contribution in [0.15, 0.2) is 47.4 Å². The standard InChI is InChI=1S/C20H23ClN2O2S/c1-26-17-6-7-19(21)18(14-17)20(24)22-16-4-2-15(3-5-16)8-9-23-10-12-25-13-11-23/h2-7,14H,8-13H2,1H3,(H,22,24). The van der Waals surface area contributed by atoms with Gasteiger partial charge in [0.2, 0.25) is 0 Å². The molecule has 1 heterocycles. The fourth-order valence-electron chi connectivity index (χ4n) is 2.87. The van der Waals surface area contributed by atoms with E-state index in [0.717, 1.165) is 49.9 Å². The fourth-order valence-corrected chi connectivity index (χ4v) is 3.51. The minimum absolute atomic E-state index is 0.188. The minimum Gasteiger partial charge on any atom is -0.379 e. The first-order valence-electron chi connectivity index (χ1n) is 8.69. The summed E-state index contributed by atoms with van der Waals surface area (Å²) >= 11 is 7.75. The van der Waals surface area contributed by atoms with Gasteiger partial charge in [0.1, 0.15) is 0 Å². The summed E-state index contributed by atoms with van der Waals surface area (Å²) in [7, 11) is 0. The number of hydrogen-bond acceptors (Lipinski definition) is 4. The lowest BCUT2D eigenvalue weighted by atomic mass is 10.1. The number of benzene rings is 2. The van der Waals surface area contributed by atoms with Crippen LogP contribution in [0.5, 0.6) is 0 Å². The van der Waals surface area contributed by atoms with E-state index >= 15 is 0 Å². The highest BCUT2D eigenvalue weighted by Gasteiger charge is 2.12. The maximum absolute atomic E-state index is 12.5. The van der Waals surface area contributed by atoms with E-state index in [1.165, 1.54) is 5.56 Å². The van der Waals surface area contributed by atoms with Gasteiger partial charge >= 0.3 is 0 Å². The number of halogens is 1. The number of carbonyl (C=O) groups excluding carboxylic acids is 1. The van der Waals surface area contributed by atoms with Gasteiger partial charge in [0, 0.05) is 30.2 Å². The van der Waals surface area contributed by atoms with Crippen LogP contribution in [0.4, 0.5) is 5.69 Å². The molecular weight excluding hydrogens is 368 g/mol. The summed E-state index contributed by atoms with van der Waals surface area (Å²) in [6.07, 6.45) is 2.97. The molecule has 0 unspecified atom stereocenters. The summed E-state index contributed by atoms with van der Waals surface area (Å²) in [6.45, 7) is 4.69. The van der Waals surface area contributed by atoms with Crippen LogP contribution in [-0.4, -0.2) is 49.9 Å². The predicted octanol–water partition coefficient (Wildman–Crippen LogP) is 4.19. The third-order valence-corrected chi connectivity index (χ3v) is 5.51. The van der Waals surface area contributed by atoms with Crippen molar-refractivity contribution in [3.05, 3.63) is 58.6 Å². The topological polar surface area (TPSA) is 41.6 Å². The molecule has 3 rings (SSSR count). The summed E-state index contributed by atoms with van der Waals surface area (Å²) in [6, 6.07) is 13.5. The zero-order chi connectivity index (χ0) is 18.4. The molecule has 1 N–H and O–H groups in total. The van der Waals surface area contributed by atoms with Crippen LogP contribution >= 0.6 is 23.4 Å². The molecule has 1 saturated heterocycles. The van der Waals surface area contributed by atoms with E-state index in [9.17, 15) is 4.79 Å². The Hall–Kier alpha value is -1.53. The molecule has 2 aromatic rings. The Balaban J connectivity index is 1.57. The number of nitrogens with one attached hydrogen (secondary N) is 1. The first-order chi connectivity index (χ1) is 12.7. The van der Waals surface area contributed by atoms with E-state index in [4.69, 9.17) is 16.3 Å². The van der Waals surface area contributed by atoms with E-state index in [0.29, 0.717) is 10.6 Å². The summed E-state index contributed by atoms with van der Waals surface area (Å²) in [4.78, 5) is 15.9. The minimum atomic E-state index is -0.188. The summed E-state index contributed by atoms with van der Waals surface area (Å²) < 4.78 is 5.37. The average molecular weight is 391 g/mol. The number of thioether (sulfide) groups is 1. The third kappa shape index (κ3) is 5.24. The summed E-state index contributed by atoms with van der Waals surface area (Å²) in [5, 5.41) is 3.38. The van der Waals surface area contributed by atoms with E-state index in [-0.39, 0.29) is 5.91 Å². The molecule has 26 heavy (non-hydrogen) atoms. The molecule has 0 saturated carbocycles. The van der Waals surface area contributed by atoms with Crippen molar-refractivity contribution in [3.8, 4) is 0 Å². The van der Waals surface area contributed by atoms with Crippen molar-refractivity contribution in [2.24, 2.45) is 0 Å². The normalized spacial score (nSPS) is 15.0. The molecular formula is C20H23ClN2O2S. The molecule has 138 valence electrons. The molecule has 0 spiro atoms. The molecule has 0 bridgehead atoms. The molecule has 1 fully saturated rings. The molecule has 0 radical (unpaired) electrons. The van der Waals surface area contributed by atoms with Gasteiger partial charge in [-0.2, -0.15) is 0 Å². The second-order valence-electron chi connectivity index (χ2n) is 6.20. The first kappa shape index (κ1) is 19.2. The molecule has 0 aromatic heterocycles. The third-order valence-electron chi connectivity index (χ3n) is 4.45. The van der Waals surface area contributed by atoms with Gasteiger partial charge in [-0.3, -0.25) is 9.69 Å². The summed E-state index contributed by atoms with van der Waals surface area (Å²) in [5.41, 5.74) is 2.53. The predicted molar refractivity (Wildman–Crippen MR) is 109 cm³/mol. The maximum Gasteiger partial charge on any atom is 0.257 e. The monoisotopic (exact) mass is 390 g/mol. The molecule has 1 aliphatic rings. The molecule has 1 aliphatic heterocycles. The molecule has 2 aromatic carbocycles. The number of rotatable bonds is 6. The molecule has 6 heteroatoms. The molecule has 4 nitrogen and oxygen atoms in total. The van der Waals surface area contributed by atoms with Crippen LogP contribution in [0, 0.1) is 0 Å². The average Bonchev–Trinajstić information content (AvgIpc) is 2.68. The van der Waals surface area contributed by atoms with Crippen molar-refractivity contribution in [1.29, 1.82) is 0 Å². The highest BCUT2D eigenvalue weighted by Crippen LogP contribution is 2.24. The number of anilines is 1. The molecule has 0 atom stereocenters. The smallest absolute Gasteiger partial charge is 0.257 e. The van der Waals surface area contributed by atoms with Gasteiger partial charge in [0.15, 0.2) is 0 Å². The fraction of sp³-hybridized carbons (Fsp3) is 0.350. The van der Waals surface area contributed by atoms with Crippen molar-refractivity contribution in [2.75, 3.05) is 44.4 Å². The lowest BCUT2D eigenvalue weighted by Gasteiger charge is -2.26. The van der Waals surface area contributed by atoms with Gasteiger partial charge in [0.05, 0.1) is 23.8 Å². The number of morpholine rings is 1. The number of ether oxygens (including phenoxy) is 1. The highest BCUT2D eigenvalue weighted by atomic mass is 35.5. The quantitative estimate of drug-likeness (QED) is 0.751. The van der Waals surface area contributed by atoms with E-state index in [1.807, 2.05) is 30.5 Å². The molecule has 0 aliphatic carbocycles. The number of hydrogen-bond donors (Lipinski definition) is 1. The van der Waals surface area contributed by atoms with Gasteiger partial charge in [-0.1, -0.05) is 23.7 Å². The van der Waals surface area contributed by atoms with Crippen LogP contribution < -0.4 is 5.32 Å². The van der Waals surface area contributed by atoms with Crippen LogP contribution in [0.3, 0.4) is 0 Å². The van der Waals surface area contributed by atoms with Crippen LogP contribution in [0.25, 0.3) is 0 Å². The second-order valence-corrected chi connectivity index (χ2v) is 7.49. The zero-order valence-corrected chi connectivity index (χ0v) is 16.4. The SMILES string of the molecule is CSc1ccc(Cl)c(C(=O)Nc2ccc(CCN3CCOCC3)cc2)c1. The highest BCUT2D eigenvalue weighted by molar-refractivity contribution is 7.98. The van der Waals surface area contributed by atoms with Crippen molar-refractivity contribution >= 4 is 35.0 Å². The van der Waals surface area contributed by atoms with Crippen molar-refractivity contribution in [2.45, 2.75) is 11.3 Å². The van der Waals surface area contributed by atoms with Gasteiger partial charge in [0.25, 0.3) is 5.91 Å². The number of carbonyl (C=O) groups is 1. The van der Waals surface area contributed by atoms with Crippen molar-refractivity contribution < 1.29 is 9.53 Å². The lowest BCUT2D eigenvalue weighted by Crippen LogP contribution is -2.37. The van der Waals surface area contributed by atoms with Crippen molar-refractivity contribution in [3.63, 3.8) is 0 Å². The zero-order valence-electron chi connectivity index (χ0n) is 14.8. The van der Waals surface area contributed by atoms with Crippen LogP contribution in [-0.2, 0) is 11.2 Å². The van der Waals surface area contributed by atoms with E-state index in [1.54, 1.807) is 17.8 Å². The Labute approximate surface area is 163 Å². The Kier molecular flexibility index (Phi) is 6.97. The maximum atomic E-state index is 12.5. The first-order valence-corrected chi connectivity index (χ1v) is 10.3. The van der Waals surface area contributed by atoms with Crippen LogP contribution in [0.2, 0.25) is 5.02 Å². The Morgan fingerprint density at radius 3 is 2.62 bits per heavy atom. The summed E-state index contributed by atoms with van der Waals surface area (Å²) in [5.74, 6) is -0.188. The Morgan fingerprint density at radius 1 is 1.19 bits per heavy atom. The second kappa shape index (κ2) is 9.42. The Morgan fingerprint density at radius 2 is 1.92 bits per heavy atom. The van der Waals surface area contributed by atoms with E-state index in [2.05, 4.69) is 22.3 Å². The van der Waals surface area contributed by atoms with Gasteiger partial charge in [-0.25, -0.2) is 0 Å². The largest absolute Gasteiger partial charge is 0.379 e. The van der Waals surface area contributed by atoms with Crippen LogP contribution in [0.1, 0.15) is 15.9 Å². The number of nitrogens with zero attached hydrogens (tertiary/aromatic N) is 1. The Bertz CT molecular complexity index is 746. The van der Waals surface area contributed by atoms with Gasteiger partial charge in [-0.15, -0.1) is 11.8 Å². The lowest BCUT2D eigenvalue weighted by molar-refractivity contribution is 0.0384. The van der Waals surface area contributed by atoms with Crippen molar-refractivity contribution in [1.82, 2.24) is 4.90 Å². The number of amides is 1. The van der Waals surface area contributed by atoms with Gasteiger partial charge in [-0.05, 0) is 48.6 Å².